The van der Waals surface area contributed by atoms with Crippen molar-refractivity contribution in [1.29, 1.82) is 0 Å². The lowest BCUT2D eigenvalue weighted by Crippen LogP contribution is -2.23. The third kappa shape index (κ3) is 5.25. The molecule has 0 saturated heterocycles. The highest BCUT2D eigenvalue weighted by Gasteiger charge is 2.17. The Bertz CT molecular complexity index is 355. The van der Waals surface area contributed by atoms with E-state index in [1.165, 1.54) is 48.4 Å². The van der Waals surface area contributed by atoms with E-state index in [9.17, 15) is 0 Å². The van der Waals surface area contributed by atoms with Gasteiger partial charge in [0.05, 0.1) is 0 Å². The molecule has 0 unspecified atom stereocenters. The van der Waals surface area contributed by atoms with Crippen LogP contribution in [-0.2, 0) is 13.1 Å². The van der Waals surface area contributed by atoms with Crippen LogP contribution < -0.4 is 5.32 Å². The van der Waals surface area contributed by atoms with Gasteiger partial charge in [-0.05, 0) is 50.9 Å². The number of hydrogen-bond donors (Lipinski definition) is 1. The molecular formula is C16H28N2S. The summed E-state index contributed by atoms with van der Waals surface area (Å²) in [5.74, 6) is 0.954. The van der Waals surface area contributed by atoms with Crippen molar-refractivity contribution in [3.63, 3.8) is 0 Å². The molecule has 3 heteroatoms. The van der Waals surface area contributed by atoms with Crippen LogP contribution in [0.5, 0.6) is 0 Å². The monoisotopic (exact) mass is 280 g/mol. The van der Waals surface area contributed by atoms with Crippen molar-refractivity contribution in [3.8, 4) is 0 Å². The first-order chi connectivity index (χ1) is 9.28. The van der Waals surface area contributed by atoms with Crippen molar-refractivity contribution < 1.29 is 0 Å². The van der Waals surface area contributed by atoms with E-state index in [2.05, 4.69) is 36.3 Å². The first-order valence-electron chi connectivity index (χ1n) is 7.74. The molecule has 0 amide bonds. The standard InChI is InChI=1S/C16H28N2S/c1-3-10-17-11-15-8-9-16(19-15)13-18(2)12-14-6-4-5-7-14/h8-9,14,17H,3-7,10-13H2,1-2H3. The zero-order chi connectivity index (χ0) is 13.5. The average molecular weight is 280 g/mol. The average Bonchev–Trinajstić information content (AvgIpc) is 3.02. The number of nitrogens with one attached hydrogen (secondary N) is 1. The summed E-state index contributed by atoms with van der Waals surface area (Å²) < 4.78 is 0. The molecule has 1 aliphatic rings. The number of rotatable bonds is 8. The fourth-order valence-electron chi connectivity index (χ4n) is 2.95. The number of hydrogen-bond acceptors (Lipinski definition) is 3. The molecule has 0 atom stereocenters. The molecule has 1 heterocycles. The molecule has 19 heavy (non-hydrogen) atoms. The maximum Gasteiger partial charge on any atom is 0.0325 e. The van der Waals surface area contributed by atoms with E-state index >= 15 is 0 Å². The van der Waals surface area contributed by atoms with E-state index in [0.29, 0.717) is 0 Å². The molecule has 2 nitrogen and oxygen atoms in total. The van der Waals surface area contributed by atoms with Crippen LogP contribution in [0.1, 0.15) is 48.8 Å². The van der Waals surface area contributed by atoms with Crippen LogP contribution in [0.2, 0.25) is 0 Å². The normalized spacial score (nSPS) is 16.6. The second-order valence-electron chi connectivity index (χ2n) is 5.89. The van der Waals surface area contributed by atoms with E-state index in [0.717, 1.165) is 25.6 Å². The minimum absolute atomic E-state index is 0.954. The minimum atomic E-state index is 0.954. The predicted molar refractivity (Wildman–Crippen MR) is 84.6 cm³/mol. The molecule has 0 bridgehead atoms. The predicted octanol–water partition coefficient (Wildman–Crippen LogP) is 3.87. The highest BCUT2D eigenvalue weighted by Crippen LogP contribution is 2.26. The summed E-state index contributed by atoms with van der Waals surface area (Å²) in [6.07, 6.45) is 7.00. The van der Waals surface area contributed by atoms with Gasteiger partial charge in [-0.15, -0.1) is 11.3 Å². The second-order valence-corrected chi connectivity index (χ2v) is 7.14. The zero-order valence-corrected chi connectivity index (χ0v) is 13.3. The second kappa shape index (κ2) is 8.03. The van der Waals surface area contributed by atoms with Crippen molar-refractivity contribution in [2.24, 2.45) is 5.92 Å². The first kappa shape index (κ1) is 15.0. The highest BCUT2D eigenvalue weighted by molar-refractivity contribution is 7.11. The quantitative estimate of drug-likeness (QED) is 0.727. The Kier molecular flexibility index (Phi) is 6.35. The van der Waals surface area contributed by atoms with E-state index in [-0.39, 0.29) is 0 Å². The van der Waals surface area contributed by atoms with Crippen LogP contribution in [0.4, 0.5) is 0 Å². The van der Waals surface area contributed by atoms with Crippen molar-refractivity contribution in [3.05, 3.63) is 21.9 Å². The molecule has 2 rings (SSSR count). The molecule has 1 aliphatic carbocycles. The van der Waals surface area contributed by atoms with Gasteiger partial charge in [-0.25, -0.2) is 0 Å². The molecule has 0 radical (unpaired) electrons. The van der Waals surface area contributed by atoms with Gasteiger partial charge in [-0.1, -0.05) is 19.8 Å². The minimum Gasteiger partial charge on any atom is -0.312 e. The molecule has 0 spiro atoms. The molecule has 108 valence electrons. The van der Waals surface area contributed by atoms with Crippen molar-refractivity contribution in [1.82, 2.24) is 10.2 Å². The van der Waals surface area contributed by atoms with Crippen molar-refractivity contribution in [2.75, 3.05) is 20.1 Å². The summed E-state index contributed by atoms with van der Waals surface area (Å²) in [4.78, 5) is 5.48. The molecule has 0 aromatic carbocycles. The Labute approximate surface area is 122 Å². The van der Waals surface area contributed by atoms with E-state index in [4.69, 9.17) is 0 Å². The molecule has 1 saturated carbocycles. The van der Waals surface area contributed by atoms with Crippen LogP contribution in [0.25, 0.3) is 0 Å². The largest absolute Gasteiger partial charge is 0.312 e. The van der Waals surface area contributed by atoms with Gasteiger partial charge >= 0.3 is 0 Å². The summed E-state index contributed by atoms with van der Waals surface area (Å²) in [7, 11) is 2.27. The molecule has 0 aliphatic heterocycles. The first-order valence-corrected chi connectivity index (χ1v) is 8.56. The molecule has 1 fully saturated rings. The Morgan fingerprint density at radius 1 is 1.26 bits per heavy atom. The third-order valence-electron chi connectivity index (χ3n) is 3.91. The van der Waals surface area contributed by atoms with Gasteiger partial charge in [0.1, 0.15) is 0 Å². The molecule has 1 aromatic rings. The van der Waals surface area contributed by atoms with E-state index in [1.807, 2.05) is 11.3 Å². The smallest absolute Gasteiger partial charge is 0.0325 e. The van der Waals surface area contributed by atoms with E-state index < -0.39 is 0 Å². The van der Waals surface area contributed by atoms with Crippen molar-refractivity contribution >= 4 is 11.3 Å². The number of nitrogens with zero attached hydrogens (tertiary/aromatic N) is 1. The van der Waals surface area contributed by atoms with Crippen LogP contribution in [0.15, 0.2) is 12.1 Å². The highest BCUT2D eigenvalue weighted by atomic mass is 32.1. The van der Waals surface area contributed by atoms with Gasteiger partial charge in [0.15, 0.2) is 0 Å². The van der Waals surface area contributed by atoms with Gasteiger partial charge in [0, 0.05) is 29.4 Å². The van der Waals surface area contributed by atoms with Gasteiger partial charge in [0.2, 0.25) is 0 Å². The van der Waals surface area contributed by atoms with Crippen LogP contribution >= 0.6 is 11.3 Å². The summed E-state index contributed by atoms with van der Waals surface area (Å²) in [5, 5.41) is 3.47. The lowest BCUT2D eigenvalue weighted by atomic mass is 10.1. The fraction of sp³-hybridized carbons (Fsp3) is 0.750. The fourth-order valence-corrected chi connectivity index (χ4v) is 4.02. The van der Waals surface area contributed by atoms with Crippen LogP contribution in [-0.4, -0.2) is 25.0 Å². The van der Waals surface area contributed by atoms with Gasteiger partial charge in [-0.2, -0.15) is 0 Å². The SMILES string of the molecule is CCCNCc1ccc(CN(C)CC2CCCC2)s1. The summed E-state index contributed by atoms with van der Waals surface area (Å²) in [6, 6.07) is 4.59. The topological polar surface area (TPSA) is 15.3 Å². The Balaban J connectivity index is 1.72. The van der Waals surface area contributed by atoms with Crippen LogP contribution in [0, 0.1) is 5.92 Å². The lowest BCUT2D eigenvalue weighted by molar-refractivity contribution is 0.273. The molecular weight excluding hydrogens is 252 g/mol. The maximum atomic E-state index is 3.47. The molecule has 1 aromatic heterocycles. The Morgan fingerprint density at radius 2 is 2.00 bits per heavy atom. The maximum absolute atomic E-state index is 3.47. The summed E-state index contributed by atoms with van der Waals surface area (Å²) in [6.45, 7) is 6.76. The third-order valence-corrected chi connectivity index (χ3v) is 4.98. The lowest BCUT2D eigenvalue weighted by Gasteiger charge is -2.19. The van der Waals surface area contributed by atoms with E-state index in [1.54, 1.807) is 0 Å². The Morgan fingerprint density at radius 3 is 2.74 bits per heavy atom. The van der Waals surface area contributed by atoms with Crippen LogP contribution in [0.3, 0.4) is 0 Å². The van der Waals surface area contributed by atoms with Gasteiger partial charge in [0.25, 0.3) is 0 Å². The zero-order valence-electron chi connectivity index (χ0n) is 12.5. The van der Waals surface area contributed by atoms with Gasteiger partial charge < -0.3 is 10.2 Å². The van der Waals surface area contributed by atoms with Gasteiger partial charge in [-0.3, -0.25) is 0 Å². The summed E-state index contributed by atoms with van der Waals surface area (Å²) >= 11 is 1.97. The molecule has 1 N–H and O–H groups in total. The Hall–Kier alpha value is -0.380. The van der Waals surface area contributed by atoms with Crippen molar-refractivity contribution in [2.45, 2.75) is 52.1 Å². The summed E-state index contributed by atoms with van der Waals surface area (Å²) in [5.41, 5.74) is 0. The number of thiophene rings is 1.